The highest BCUT2D eigenvalue weighted by atomic mass is 32.2. The van der Waals surface area contributed by atoms with Crippen LogP contribution in [0.1, 0.15) is 16.7 Å². The molecule has 0 N–H and O–H groups in total. The Morgan fingerprint density at radius 2 is 1.61 bits per heavy atom. The standard InChI is InChI=1S/C12H18O4S2/c1-10-4-5-11(2)12(8-10)9-18(15,16)7-6-17(3,13)14/h4-5,8H,6-7,9H2,1-3H3. The van der Waals surface area contributed by atoms with Crippen LogP contribution in [0.15, 0.2) is 18.2 Å². The van der Waals surface area contributed by atoms with Crippen molar-refractivity contribution in [1.82, 2.24) is 0 Å². The van der Waals surface area contributed by atoms with E-state index in [1.807, 2.05) is 32.0 Å². The van der Waals surface area contributed by atoms with Crippen molar-refractivity contribution in [2.24, 2.45) is 0 Å². The summed E-state index contributed by atoms with van der Waals surface area (Å²) in [6, 6.07) is 5.62. The van der Waals surface area contributed by atoms with Crippen molar-refractivity contribution in [2.45, 2.75) is 19.6 Å². The van der Waals surface area contributed by atoms with Gasteiger partial charge in [0.25, 0.3) is 0 Å². The lowest BCUT2D eigenvalue weighted by Crippen LogP contribution is -2.18. The first kappa shape index (κ1) is 15.2. The molecule has 0 aliphatic heterocycles. The second kappa shape index (κ2) is 5.40. The highest BCUT2D eigenvalue weighted by Crippen LogP contribution is 2.14. The predicted octanol–water partition coefficient (Wildman–Crippen LogP) is 1.26. The van der Waals surface area contributed by atoms with Gasteiger partial charge in [0, 0.05) is 6.26 Å². The highest BCUT2D eigenvalue weighted by Gasteiger charge is 2.16. The summed E-state index contributed by atoms with van der Waals surface area (Å²) in [5.41, 5.74) is 2.64. The Morgan fingerprint density at radius 3 is 2.17 bits per heavy atom. The SMILES string of the molecule is Cc1ccc(C)c(CS(=O)(=O)CCS(C)(=O)=O)c1. The molecule has 0 heterocycles. The van der Waals surface area contributed by atoms with E-state index in [0.717, 1.165) is 22.9 Å². The van der Waals surface area contributed by atoms with E-state index < -0.39 is 19.7 Å². The van der Waals surface area contributed by atoms with Gasteiger partial charge in [0.05, 0.1) is 17.3 Å². The Morgan fingerprint density at radius 1 is 1.00 bits per heavy atom. The van der Waals surface area contributed by atoms with Crippen LogP contribution in [0.25, 0.3) is 0 Å². The molecular weight excluding hydrogens is 272 g/mol. The van der Waals surface area contributed by atoms with Crippen LogP contribution in [0.3, 0.4) is 0 Å². The molecule has 0 unspecified atom stereocenters. The monoisotopic (exact) mass is 290 g/mol. The minimum Gasteiger partial charge on any atom is -0.229 e. The van der Waals surface area contributed by atoms with E-state index in [-0.39, 0.29) is 17.3 Å². The quantitative estimate of drug-likeness (QED) is 0.819. The predicted molar refractivity (Wildman–Crippen MR) is 73.1 cm³/mol. The van der Waals surface area contributed by atoms with Gasteiger partial charge in [-0.2, -0.15) is 0 Å². The lowest BCUT2D eigenvalue weighted by atomic mass is 10.1. The maximum absolute atomic E-state index is 11.8. The van der Waals surface area contributed by atoms with Gasteiger partial charge in [0.1, 0.15) is 9.84 Å². The van der Waals surface area contributed by atoms with E-state index in [1.165, 1.54) is 0 Å². The van der Waals surface area contributed by atoms with Crippen LogP contribution in [0.4, 0.5) is 0 Å². The van der Waals surface area contributed by atoms with Gasteiger partial charge < -0.3 is 0 Å². The maximum atomic E-state index is 11.8. The molecule has 1 aromatic carbocycles. The first-order valence-electron chi connectivity index (χ1n) is 5.53. The van der Waals surface area contributed by atoms with E-state index in [9.17, 15) is 16.8 Å². The van der Waals surface area contributed by atoms with E-state index >= 15 is 0 Å². The average molecular weight is 290 g/mol. The number of sulfone groups is 2. The highest BCUT2D eigenvalue weighted by molar-refractivity contribution is 7.94. The molecule has 1 rings (SSSR count). The number of hydrogen-bond acceptors (Lipinski definition) is 4. The zero-order valence-corrected chi connectivity index (χ0v) is 12.4. The molecule has 0 saturated carbocycles. The van der Waals surface area contributed by atoms with Crippen molar-refractivity contribution < 1.29 is 16.8 Å². The second-order valence-corrected chi connectivity index (χ2v) is 9.10. The van der Waals surface area contributed by atoms with Crippen LogP contribution in [-0.4, -0.2) is 34.6 Å². The van der Waals surface area contributed by atoms with Gasteiger partial charge in [-0.15, -0.1) is 0 Å². The van der Waals surface area contributed by atoms with Crippen LogP contribution in [0.2, 0.25) is 0 Å². The summed E-state index contributed by atoms with van der Waals surface area (Å²) in [5.74, 6) is -0.741. The lowest BCUT2D eigenvalue weighted by molar-refractivity contribution is 0.589. The van der Waals surface area contributed by atoms with Gasteiger partial charge in [0.15, 0.2) is 9.84 Å². The second-order valence-electron chi connectivity index (χ2n) is 4.65. The summed E-state index contributed by atoms with van der Waals surface area (Å²) in [6.45, 7) is 3.74. The molecule has 0 aromatic heterocycles. The minimum absolute atomic E-state index is 0.101. The van der Waals surface area contributed by atoms with Crippen molar-refractivity contribution in [3.8, 4) is 0 Å². The zero-order valence-electron chi connectivity index (χ0n) is 10.8. The van der Waals surface area contributed by atoms with Gasteiger partial charge in [-0.05, 0) is 25.0 Å². The molecule has 0 radical (unpaired) electrons. The van der Waals surface area contributed by atoms with E-state index in [2.05, 4.69) is 0 Å². The summed E-state index contributed by atoms with van der Waals surface area (Å²) in [6.07, 6.45) is 1.04. The molecule has 4 nitrogen and oxygen atoms in total. The Hall–Kier alpha value is -0.880. The summed E-state index contributed by atoms with van der Waals surface area (Å²) in [7, 11) is -6.63. The molecule has 6 heteroatoms. The lowest BCUT2D eigenvalue weighted by Gasteiger charge is -2.08. The normalized spacial score (nSPS) is 12.6. The number of hydrogen-bond donors (Lipinski definition) is 0. The van der Waals surface area contributed by atoms with Crippen molar-refractivity contribution in [3.63, 3.8) is 0 Å². The van der Waals surface area contributed by atoms with Crippen molar-refractivity contribution in [3.05, 3.63) is 34.9 Å². The number of benzene rings is 1. The molecule has 1 aromatic rings. The Balaban J connectivity index is 2.86. The molecular formula is C12H18O4S2. The Bertz CT molecular complexity index is 628. The third-order valence-corrected chi connectivity index (χ3v) is 5.43. The molecule has 0 bridgehead atoms. The van der Waals surface area contributed by atoms with Gasteiger partial charge >= 0.3 is 0 Å². The Kier molecular flexibility index (Phi) is 4.55. The van der Waals surface area contributed by atoms with Crippen LogP contribution in [0, 0.1) is 13.8 Å². The number of aryl methyl sites for hydroxylation is 2. The van der Waals surface area contributed by atoms with Crippen molar-refractivity contribution in [2.75, 3.05) is 17.8 Å². The fourth-order valence-corrected chi connectivity index (χ4v) is 4.70. The third kappa shape index (κ3) is 5.18. The average Bonchev–Trinajstić information content (AvgIpc) is 2.20. The van der Waals surface area contributed by atoms with E-state index in [1.54, 1.807) is 0 Å². The van der Waals surface area contributed by atoms with E-state index in [4.69, 9.17) is 0 Å². The van der Waals surface area contributed by atoms with Crippen LogP contribution in [-0.2, 0) is 25.4 Å². The molecule has 0 amide bonds. The summed E-state index contributed by atoms with van der Waals surface area (Å²) in [4.78, 5) is 0. The molecule has 102 valence electrons. The summed E-state index contributed by atoms with van der Waals surface area (Å²) < 4.78 is 45.7. The van der Waals surface area contributed by atoms with E-state index in [0.29, 0.717) is 0 Å². The topological polar surface area (TPSA) is 68.3 Å². The van der Waals surface area contributed by atoms with Gasteiger partial charge in [-0.1, -0.05) is 23.8 Å². The Labute approximate surface area is 109 Å². The maximum Gasteiger partial charge on any atom is 0.155 e. The zero-order chi connectivity index (χ0) is 14.0. The van der Waals surface area contributed by atoms with Gasteiger partial charge in [-0.3, -0.25) is 0 Å². The smallest absolute Gasteiger partial charge is 0.155 e. The molecule has 0 aliphatic rings. The molecule has 18 heavy (non-hydrogen) atoms. The fourth-order valence-electron chi connectivity index (χ4n) is 1.54. The molecule has 0 spiro atoms. The molecule has 0 fully saturated rings. The van der Waals surface area contributed by atoms with Crippen LogP contribution < -0.4 is 0 Å². The largest absolute Gasteiger partial charge is 0.229 e. The first-order chi connectivity index (χ1) is 8.09. The summed E-state index contributed by atoms with van der Waals surface area (Å²) >= 11 is 0. The molecule has 0 atom stereocenters. The van der Waals surface area contributed by atoms with Crippen molar-refractivity contribution in [1.29, 1.82) is 0 Å². The first-order valence-corrected chi connectivity index (χ1v) is 9.41. The number of rotatable bonds is 5. The van der Waals surface area contributed by atoms with Gasteiger partial charge in [0.2, 0.25) is 0 Å². The van der Waals surface area contributed by atoms with Crippen LogP contribution in [0.5, 0.6) is 0 Å². The molecule has 0 saturated heterocycles. The van der Waals surface area contributed by atoms with Crippen LogP contribution >= 0.6 is 0 Å². The molecule has 0 aliphatic carbocycles. The van der Waals surface area contributed by atoms with Gasteiger partial charge in [-0.25, -0.2) is 16.8 Å². The third-order valence-electron chi connectivity index (χ3n) is 2.65. The summed E-state index contributed by atoms with van der Waals surface area (Å²) in [5, 5.41) is 0. The fraction of sp³-hybridized carbons (Fsp3) is 0.500. The van der Waals surface area contributed by atoms with Crippen molar-refractivity contribution >= 4 is 19.7 Å². The minimum atomic E-state index is -3.39.